The van der Waals surface area contributed by atoms with Crippen LogP contribution in [0.4, 0.5) is 11.4 Å². The lowest BCUT2D eigenvalue weighted by Crippen LogP contribution is -2.27. The molecule has 0 saturated heterocycles. The van der Waals surface area contributed by atoms with Crippen LogP contribution < -0.4 is 10.9 Å². The van der Waals surface area contributed by atoms with Gasteiger partial charge in [-0.15, -0.1) is 11.8 Å². The summed E-state index contributed by atoms with van der Waals surface area (Å²) in [6, 6.07) is 11.4. The smallest absolute Gasteiger partial charge is 0.285 e. The molecule has 2 aromatic rings. The third-order valence-corrected chi connectivity index (χ3v) is 4.54. The number of benzene rings is 1. The first-order chi connectivity index (χ1) is 12.4. The van der Waals surface area contributed by atoms with E-state index in [2.05, 4.69) is 11.4 Å². The van der Waals surface area contributed by atoms with Crippen LogP contribution in [-0.4, -0.2) is 20.6 Å². The summed E-state index contributed by atoms with van der Waals surface area (Å²) in [6.45, 7) is 1.57. The lowest BCUT2D eigenvalue weighted by molar-refractivity contribution is -0.385. The second-order valence-corrected chi connectivity index (χ2v) is 6.93. The molecule has 1 aromatic carbocycles. The highest BCUT2D eigenvalue weighted by molar-refractivity contribution is 8.00. The summed E-state index contributed by atoms with van der Waals surface area (Å²) in [5.41, 5.74) is -0.208. The Hall–Kier alpha value is -3.12. The maximum atomic E-state index is 12.3. The zero-order valence-electron chi connectivity index (χ0n) is 13.9. The zero-order chi connectivity index (χ0) is 19.1. The molecule has 0 spiro atoms. The fraction of sp³-hybridized carbons (Fsp3) is 0.235. The van der Waals surface area contributed by atoms with Crippen LogP contribution in [-0.2, 0) is 11.3 Å². The van der Waals surface area contributed by atoms with Crippen LogP contribution in [0.1, 0.15) is 13.3 Å². The molecular weight excluding hydrogens is 356 g/mol. The van der Waals surface area contributed by atoms with Gasteiger partial charge in [0.15, 0.2) is 0 Å². The molecule has 0 aliphatic heterocycles. The summed E-state index contributed by atoms with van der Waals surface area (Å²) in [5.74, 6) is -0.478. The number of nitrogens with one attached hydrogen (secondary N) is 1. The number of thioether (sulfide) groups is 1. The first-order valence-corrected chi connectivity index (χ1v) is 8.56. The van der Waals surface area contributed by atoms with Crippen LogP contribution >= 0.6 is 11.8 Å². The molecule has 0 aliphatic carbocycles. The van der Waals surface area contributed by atoms with Gasteiger partial charge < -0.3 is 5.32 Å². The molecular formula is C17H16N4O4S. The second-order valence-electron chi connectivity index (χ2n) is 5.45. The van der Waals surface area contributed by atoms with Crippen LogP contribution in [0, 0.1) is 21.4 Å². The van der Waals surface area contributed by atoms with Crippen LogP contribution in [0.25, 0.3) is 0 Å². The minimum absolute atomic E-state index is 0.0532. The fourth-order valence-electron chi connectivity index (χ4n) is 2.15. The highest BCUT2D eigenvalue weighted by Crippen LogP contribution is 2.31. The number of hydrogen-bond acceptors (Lipinski definition) is 6. The van der Waals surface area contributed by atoms with Gasteiger partial charge in [0.25, 0.3) is 11.2 Å². The normalized spacial score (nSPS) is 11.4. The molecule has 0 saturated carbocycles. The topological polar surface area (TPSA) is 118 Å². The average molecular weight is 372 g/mol. The van der Waals surface area contributed by atoms with E-state index in [4.69, 9.17) is 5.26 Å². The number of aromatic nitrogens is 1. The standard InChI is InChI=1S/C17H16N4O4S/c1-12(8-9-18)26-15-5-3-2-4-14(15)19-16(22)11-20-10-13(21(24)25)6-7-17(20)23/h2-7,10,12H,8,11H2,1H3,(H,19,22). The SMILES string of the molecule is CC(CC#N)Sc1ccccc1NC(=O)Cn1cc([N+](=O)[O-])ccc1=O. The van der Waals surface area contributed by atoms with Gasteiger partial charge in [0.2, 0.25) is 5.91 Å². The molecule has 0 fully saturated rings. The van der Waals surface area contributed by atoms with Crippen LogP contribution in [0.3, 0.4) is 0 Å². The minimum atomic E-state index is -0.629. The highest BCUT2D eigenvalue weighted by atomic mass is 32.2. The monoisotopic (exact) mass is 372 g/mol. The van der Waals surface area contributed by atoms with E-state index in [9.17, 15) is 19.7 Å². The van der Waals surface area contributed by atoms with Gasteiger partial charge in [-0.25, -0.2) is 0 Å². The van der Waals surface area contributed by atoms with E-state index in [1.807, 2.05) is 19.1 Å². The van der Waals surface area contributed by atoms with Crippen molar-refractivity contribution < 1.29 is 9.72 Å². The molecule has 8 nitrogen and oxygen atoms in total. The number of nitro groups is 1. The number of hydrogen-bond donors (Lipinski definition) is 1. The Morgan fingerprint density at radius 3 is 2.81 bits per heavy atom. The summed E-state index contributed by atoms with van der Waals surface area (Å²) in [6.07, 6.45) is 1.41. The lowest BCUT2D eigenvalue weighted by atomic mass is 10.3. The number of carbonyl (C=O) groups is 1. The molecule has 26 heavy (non-hydrogen) atoms. The Bertz CT molecular complexity index is 919. The molecule has 1 aromatic heterocycles. The molecule has 1 N–H and O–H groups in total. The first kappa shape index (κ1) is 19.2. The van der Waals surface area contributed by atoms with Gasteiger partial charge >= 0.3 is 0 Å². The van der Waals surface area contributed by atoms with E-state index in [1.54, 1.807) is 12.1 Å². The van der Waals surface area contributed by atoms with Crippen molar-refractivity contribution in [2.45, 2.75) is 30.0 Å². The molecule has 0 bridgehead atoms. The summed E-state index contributed by atoms with van der Waals surface area (Å²) in [4.78, 5) is 35.0. The van der Waals surface area contributed by atoms with Gasteiger partial charge in [-0.1, -0.05) is 19.1 Å². The number of para-hydroxylation sites is 1. The largest absolute Gasteiger partial charge is 0.324 e. The number of nitriles is 1. The Labute approximate surface area is 153 Å². The number of nitrogens with zero attached hydrogens (tertiary/aromatic N) is 3. The van der Waals surface area contributed by atoms with Gasteiger partial charge in [-0.05, 0) is 12.1 Å². The Kier molecular flexibility index (Phi) is 6.52. The predicted octanol–water partition coefficient (Wildman–Crippen LogP) is 2.79. The molecule has 0 aliphatic rings. The number of pyridine rings is 1. The molecule has 1 amide bonds. The van der Waals surface area contributed by atoms with Crippen LogP contribution in [0.2, 0.25) is 0 Å². The maximum absolute atomic E-state index is 12.3. The van der Waals surface area contributed by atoms with Gasteiger partial charge in [0.05, 0.1) is 22.9 Å². The van der Waals surface area contributed by atoms with E-state index in [-0.39, 0.29) is 17.5 Å². The van der Waals surface area contributed by atoms with Crippen molar-refractivity contribution in [3.63, 3.8) is 0 Å². The van der Waals surface area contributed by atoms with E-state index in [0.29, 0.717) is 12.1 Å². The molecule has 0 radical (unpaired) electrons. The van der Waals surface area contributed by atoms with Gasteiger partial charge in [-0.2, -0.15) is 5.26 Å². The van der Waals surface area contributed by atoms with Gasteiger partial charge in [-0.3, -0.25) is 24.3 Å². The molecule has 1 atom stereocenters. The van der Waals surface area contributed by atoms with Crippen molar-refractivity contribution in [3.8, 4) is 6.07 Å². The van der Waals surface area contributed by atoms with E-state index in [1.165, 1.54) is 11.8 Å². The number of rotatable bonds is 7. The number of carbonyl (C=O) groups excluding carboxylic acids is 1. The Balaban J connectivity index is 2.14. The van der Waals surface area contributed by atoms with E-state index < -0.39 is 16.4 Å². The Morgan fingerprint density at radius 1 is 1.38 bits per heavy atom. The fourth-order valence-corrected chi connectivity index (χ4v) is 3.15. The van der Waals surface area contributed by atoms with Crippen molar-refractivity contribution in [2.24, 2.45) is 0 Å². The third kappa shape index (κ3) is 5.19. The Morgan fingerprint density at radius 2 is 2.12 bits per heavy atom. The van der Waals surface area contributed by atoms with Crippen molar-refractivity contribution >= 4 is 29.0 Å². The second kappa shape index (κ2) is 8.82. The first-order valence-electron chi connectivity index (χ1n) is 7.68. The van der Waals surface area contributed by atoms with Crippen molar-refractivity contribution in [3.05, 3.63) is 63.1 Å². The highest BCUT2D eigenvalue weighted by Gasteiger charge is 2.13. The summed E-state index contributed by atoms with van der Waals surface area (Å²) in [7, 11) is 0. The van der Waals surface area contributed by atoms with Crippen molar-refractivity contribution in [1.29, 1.82) is 5.26 Å². The van der Waals surface area contributed by atoms with Gasteiger partial charge in [0, 0.05) is 28.7 Å². The maximum Gasteiger partial charge on any atom is 0.285 e. The molecule has 2 rings (SSSR count). The summed E-state index contributed by atoms with van der Waals surface area (Å²) < 4.78 is 0.988. The zero-order valence-corrected chi connectivity index (χ0v) is 14.7. The minimum Gasteiger partial charge on any atom is -0.324 e. The third-order valence-electron chi connectivity index (χ3n) is 3.36. The average Bonchev–Trinajstić information content (AvgIpc) is 2.58. The summed E-state index contributed by atoms with van der Waals surface area (Å²) >= 11 is 1.46. The quantitative estimate of drug-likeness (QED) is 0.453. The van der Waals surface area contributed by atoms with Crippen LogP contribution in [0.15, 0.2) is 52.3 Å². The van der Waals surface area contributed by atoms with E-state index >= 15 is 0 Å². The molecule has 1 unspecified atom stereocenters. The number of anilines is 1. The number of amides is 1. The van der Waals surface area contributed by atoms with Crippen LogP contribution in [0.5, 0.6) is 0 Å². The van der Waals surface area contributed by atoms with Crippen molar-refractivity contribution in [1.82, 2.24) is 4.57 Å². The van der Waals surface area contributed by atoms with E-state index in [0.717, 1.165) is 27.8 Å². The van der Waals surface area contributed by atoms with Crippen molar-refractivity contribution in [2.75, 3.05) is 5.32 Å². The summed E-state index contributed by atoms with van der Waals surface area (Å²) in [5, 5.41) is 22.3. The molecule has 9 heteroatoms. The molecule has 1 heterocycles. The predicted molar refractivity (Wildman–Crippen MR) is 98.0 cm³/mol. The van der Waals surface area contributed by atoms with Gasteiger partial charge in [0.1, 0.15) is 6.54 Å². The molecule has 134 valence electrons. The lowest BCUT2D eigenvalue weighted by Gasteiger charge is -2.13.